The van der Waals surface area contributed by atoms with Crippen molar-refractivity contribution in [3.8, 4) is 0 Å². The average molecular weight is 599 g/mol. The van der Waals surface area contributed by atoms with Gasteiger partial charge in [0, 0.05) is 6.42 Å². The highest BCUT2D eigenvalue weighted by Crippen LogP contribution is 2.38. The lowest BCUT2D eigenvalue weighted by molar-refractivity contribution is -0.870. The number of likely N-dealkylation sites (N-methyl/N-ethyl adjacent to an activating group) is 1. The summed E-state index contributed by atoms with van der Waals surface area (Å²) in [6.45, 7) is 4.36. The van der Waals surface area contributed by atoms with Gasteiger partial charge in [-0.15, -0.1) is 0 Å². The summed E-state index contributed by atoms with van der Waals surface area (Å²) in [5, 5.41) is 13.5. The molecule has 0 rings (SSSR count). The molecule has 0 saturated carbocycles. The van der Waals surface area contributed by atoms with Crippen molar-refractivity contribution in [1.82, 2.24) is 5.32 Å². The van der Waals surface area contributed by atoms with Crippen LogP contribution in [0.3, 0.4) is 0 Å². The highest BCUT2D eigenvalue weighted by Gasteiger charge is 2.23. The van der Waals surface area contributed by atoms with E-state index in [4.69, 9.17) is 9.05 Å². The van der Waals surface area contributed by atoms with Gasteiger partial charge in [-0.3, -0.25) is 9.36 Å². The Morgan fingerprint density at radius 1 is 0.878 bits per heavy atom. The quantitative estimate of drug-likeness (QED) is 0.0518. The van der Waals surface area contributed by atoms with Crippen LogP contribution >= 0.6 is 7.82 Å². The second-order valence-corrected chi connectivity index (χ2v) is 12.8. The number of quaternary nitrogens is 1. The van der Waals surface area contributed by atoms with Crippen LogP contribution in [-0.4, -0.2) is 68.5 Å². The lowest BCUT2D eigenvalue weighted by Crippen LogP contribution is -2.45. The summed E-state index contributed by atoms with van der Waals surface area (Å²) in [4.78, 5) is 24.9. The predicted octanol–water partition coefficient (Wildman–Crippen LogP) is 6.38. The molecule has 1 amide bonds. The van der Waals surface area contributed by atoms with Crippen LogP contribution in [0.2, 0.25) is 0 Å². The van der Waals surface area contributed by atoms with Crippen LogP contribution in [-0.2, 0) is 18.4 Å². The number of phosphoric acid groups is 1. The maximum atomic E-state index is 12.6. The molecule has 238 valence electrons. The summed E-state index contributed by atoms with van der Waals surface area (Å²) in [5.74, 6) is -0.238. The van der Waals surface area contributed by atoms with Crippen molar-refractivity contribution >= 4 is 13.7 Å². The van der Waals surface area contributed by atoms with Crippen molar-refractivity contribution in [2.75, 3.05) is 40.9 Å². The molecule has 0 bridgehead atoms. The predicted molar refractivity (Wildman–Crippen MR) is 168 cm³/mol. The summed E-state index contributed by atoms with van der Waals surface area (Å²) in [6.07, 6.45) is 27.6. The number of carbonyl (C=O) groups is 1. The number of rotatable bonds is 26. The monoisotopic (exact) mass is 598 g/mol. The fourth-order valence-corrected chi connectivity index (χ4v) is 4.47. The number of carbonyl (C=O) groups excluding carboxylic acids is 1. The first-order valence-corrected chi connectivity index (χ1v) is 17.0. The van der Waals surface area contributed by atoms with Gasteiger partial charge < -0.3 is 28.8 Å². The minimum Gasteiger partial charge on any atom is -0.756 e. The molecule has 9 heteroatoms. The molecule has 0 aromatic heterocycles. The Kier molecular flexibility index (Phi) is 24.1. The minimum atomic E-state index is -4.57. The normalized spacial score (nSPS) is 15.8. The fourth-order valence-electron chi connectivity index (χ4n) is 3.75. The minimum absolute atomic E-state index is 0.00987. The molecule has 2 N–H and O–H groups in total. The molecule has 0 aliphatic heterocycles. The molecule has 3 unspecified atom stereocenters. The van der Waals surface area contributed by atoms with Crippen LogP contribution in [0.1, 0.15) is 97.3 Å². The highest BCUT2D eigenvalue weighted by molar-refractivity contribution is 7.45. The molecule has 0 spiro atoms. The number of hydrogen-bond acceptors (Lipinski definition) is 6. The zero-order valence-corrected chi connectivity index (χ0v) is 27.4. The molecule has 8 nitrogen and oxygen atoms in total. The number of unbranched alkanes of at least 4 members (excludes halogenated alkanes) is 7. The zero-order valence-electron chi connectivity index (χ0n) is 26.5. The number of hydrogen-bond donors (Lipinski definition) is 2. The third-order valence-corrected chi connectivity index (χ3v) is 7.26. The first-order chi connectivity index (χ1) is 19.5. The number of aliphatic hydroxyl groups excluding tert-OH is 1. The van der Waals surface area contributed by atoms with E-state index in [1.165, 1.54) is 6.42 Å². The summed E-state index contributed by atoms with van der Waals surface area (Å²) in [6, 6.07) is -0.896. The summed E-state index contributed by atoms with van der Waals surface area (Å²) in [5.41, 5.74) is 0. The molecule has 0 saturated heterocycles. The van der Waals surface area contributed by atoms with Gasteiger partial charge in [-0.05, 0) is 51.4 Å². The molecule has 0 aliphatic carbocycles. The van der Waals surface area contributed by atoms with Gasteiger partial charge in [0.15, 0.2) is 0 Å². The summed E-state index contributed by atoms with van der Waals surface area (Å²) in [7, 11) is 1.22. The van der Waals surface area contributed by atoms with Gasteiger partial charge >= 0.3 is 0 Å². The van der Waals surface area contributed by atoms with Crippen LogP contribution in [0.25, 0.3) is 0 Å². The molecule has 0 heterocycles. The standard InChI is InChI=1S/C32H59N2O6P/c1-6-8-10-12-14-15-16-17-18-19-20-22-24-26-32(36)33-30(31(35)25-23-21-13-11-9-7-2)29-40-41(37,38)39-28-27-34(3,4)5/h8,10,14-15,17-18,23,25,30-31,35H,6-7,9,11-13,16,19-22,24,26-29H2,1-5H3,(H-,33,36,37,38)/b10-8-,15-14-,18-17-,25-23+. The van der Waals surface area contributed by atoms with Gasteiger partial charge in [0.25, 0.3) is 7.82 Å². The van der Waals surface area contributed by atoms with Crippen molar-refractivity contribution in [2.24, 2.45) is 0 Å². The third-order valence-electron chi connectivity index (χ3n) is 6.29. The number of aliphatic hydroxyl groups is 1. The van der Waals surface area contributed by atoms with Gasteiger partial charge in [-0.2, -0.15) is 0 Å². The van der Waals surface area contributed by atoms with Crippen molar-refractivity contribution in [2.45, 2.75) is 109 Å². The Morgan fingerprint density at radius 2 is 1.49 bits per heavy atom. The zero-order chi connectivity index (χ0) is 30.8. The fraction of sp³-hybridized carbons (Fsp3) is 0.719. The summed E-state index contributed by atoms with van der Waals surface area (Å²) < 4.78 is 22.8. The summed E-state index contributed by atoms with van der Waals surface area (Å²) >= 11 is 0. The maximum Gasteiger partial charge on any atom is 0.268 e. The lowest BCUT2D eigenvalue weighted by Gasteiger charge is -2.29. The van der Waals surface area contributed by atoms with Crippen molar-refractivity contribution in [1.29, 1.82) is 0 Å². The highest BCUT2D eigenvalue weighted by atomic mass is 31.2. The number of nitrogens with zero attached hydrogens (tertiary/aromatic N) is 1. The molecule has 0 aromatic carbocycles. The van der Waals surface area contributed by atoms with Gasteiger partial charge in [-0.25, -0.2) is 0 Å². The van der Waals surface area contributed by atoms with E-state index in [1.54, 1.807) is 6.08 Å². The van der Waals surface area contributed by atoms with Crippen molar-refractivity contribution in [3.05, 3.63) is 48.6 Å². The van der Waals surface area contributed by atoms with Crippen LogP contribution < -0.4 is 10.2 Å². The molecule has 3 atom stereocenters. The first kappa shape index (κ1) is 39.5. The van der Waals surface area contributed by atoms with Crippen LogP contribution in [0.15, 0.2) is 48.6 Å². The molecule has 0 aliphatic rings. The number of allylic oxidation sites excluding steroid dienone is 7. The van der Waals surface area contributed by atoms with Crippen molar-refractivity contribution < 1.29 is 32.9 Å². The largest absolute Gasteiger partial charge is 0.756 e. The van der Waals surface area contributed by atoms with E-state index in [9.17, 15) is 19.4 Å². The Hall–Kier alpha value is -1.54. The van der Waals surface area contributed by atoms with E-state index in [-0.39, 0.29) is 12.5 Å². The number of nitrogens with one attached hydrogen (secondary N) is 1. The van der Waals surface area contributed by atoms with E-state index in [0.717, 1.165) is 64.2 Å². The van der Waals surface area contributed by atoms with Gasteiger partial charge in [0.2, 0.25) is 5.91 Å². The van der Waals surface area contributed by atoms with E-state index >= 15 is 0 Å². The molecule has 0 aromatic rings. The Bertz CT molecular complexity index is 819. The second-order valence-electron chi connectivity index (χ2n) is 11.4. The molecular formula is C32H59N2O6P. The smallest absolute Gasteiger partial charge is 0.268 e. The SMILES string of the molecule is CC/C=C\C/C=C\C/C=C\CCCCCC(=O)NC(COP(=O)([O-])OCC[N+](C)(C)C)C(O)/C=C/CCCCCC. The van der Waals surface area contributed by atoms with Crippen LogP contribution in [0.5, 0.6) is 0 Å². The van der Waals surface area contributed by atoms with Crippen molar-refractivity contribution in [3.63, 3.8) is 0 Å². The first-order valence-electron chi connectivity index (χ1n) is 15.5. The van der Waals surface area contributed by atoms with Crippen LogP contribution in [0.4, 0.5) is 0 Å². The van der Waals surface area contributed by atoms with E-state index in [2.05, 4.69) is 55.6 Å². The van der Waals surface area contributed by atoms with Gasteiger partial charge in [0.1, 0.15) is 13.2 Å². The molecule has 41 heavy (non-hydrogen) atoms. The topological polar surface area (TPSA) is 108 Å². The molecule has 0 fully saturated rings. The average Bonchev–Trinajstić information content (AvgIpc) is 2.90. The second kappa shape index (κ2) is 25.0. The lowest BCUT2D eigenvalue weighted by atomic mass is 10.1. The van der Waals surface area contributed by atoms with E-state index in [1.807, 2.05) is 27.2 Å². The Labute approximate surface area is 250 Å². The van der Waals surface area contributed by atoms with E-state index < -0.39 is 26.6 Å². The Morgan fingerprint density at radius 3 is 2.12 bits per heavy atom. The Balaban J connectivity index is 4.63. The molecular weight excluding hydrogens is 539 g/mol. The van der Waals surface area contributed by atoms with Gasteiger partial charge in [0.05, 0.1) is 39.9 Å². The molecule has 0 radical (unpaired) electrons. The number of amides is 1. The van der Waals surface area contributed by atoms with Crippen LogP contribution in [0, 0.1) is 0 Å². The van der Waals surface area contributed by atoms with Gasteiger partial charge in [-0.1, -0.05) is 88.1 Å². The third kappa shape index (κ3) is 27.1. The number of phosphoric ester groups is 1. The van der Waals surface area contributed by atoms with E-state index in [0.29, 0.717) is 23.9 Å². The maximum absolute atomic E-state index is 12.6.